The van der Waals surface area contributed by atoms with Crippen LogP contribution in [0.5, 0.6) is 5.75 Å². The highest BCUT2D eigenvalue weighted by atomic mass is 19.1. The van der Waals surface area contributed by atoms with Crippen LogP contribution in [0.1, 0.15) is 34.7 Å². The molecule has 1 aromatic heterocycles. The fourth-order valence-electron chi connectivity index (χ4n) is 3.30. The molecule has 0 saturated heterocycles. The van der Waals surface area contributed by atoms with Gasteiger partial charge in [0.05, 0.1) is 0 Å². The smallest absolute Gasteiger partial charge is 0.226 e. The summed E-state index contributed by atoms with van der Waals surface area (Å²) in [6.07, 6.45) is 0.386. The molecule has 26 heavy (non-hydrogen) atoms. The van der Waals surface area contributed by atoms with Crippen LogP contribution in [-0.2, 0) is 11.4 Å². The minimum absolute atomic E-state index is 0.0326. The lowest BCUT2D eigenvalue weighted by atomic mass is 9.86. The van der Waals surface area contributed by atoms with Crippen LogP contribution in [0.2, 0.25) is 0 Å². The SMILES string of the molecule is Cc1[nH]nc2c1[C@@H](c1ccc(OCc3cccc(F)c3)cc1)CC(=O)N2. The van der Waals surface area contributed by atoms with E-state index in [4.69, 9.17) is 4.74 Å². The van der Waals surface area contributed by atoms with E-state index in [1.807, 2.05) is 37.3 Å². The number of benzene rings is 2. The number of hydrogen-bond donors (Lipinski definition) is 2. The molecule has 6 heteroatoms. The Bertz CT molecular complexity index is 950. The molecular formula is C20H18FN3O2. The predicted octanol–water partition coefficient (Wildman–Crippen LogP) is 3.91. The van der Waals surface area contributed by atoms with Crippen molar-refractivity contribution in [2.45, 2.75) is 25.9 Å². The maximum absolute atomic E-state index is 13.2. The third-order valence-corrected chi connectivity index (χ3v) is 4.57. The third-order valence-electron chi connectivity index (χ3n) is 4.57. The van der Waals surface area contributed by atoms with Crippen molar-refractivity contribution in [3.8, 4) is 5.75 Å². The van der Waals surface area contributed by atoms with Gasteiger partial charge in [-0.25, -0.2) is 4.39 Å². The number of carbonyl (C=O) groups is 1. The van der Waals surface area contributed by atoms with Gasteiger partial charge in [0.1, 0.15) is 18.2 Å². The number of nitrogens with one attached hydrogen (secondary N) is 2. The Morgan fingerprint density at radius 3 is 2.81 bits per heavy atom. The van der Waals surface area contributed by atoms with Crippen molar-refractivity contribution < 1.29 is 13.9 Å². The summed E-state index contributed by atoms with van der Waals surface area (Å²) in [6.45, 7) is 2.25. The lowest BCUT2D eigenvalue weighted by Gasteiger charge is -2.23. The summed E-state index contributed by atoms with van der Waals surface area (Å²) in [7, 11) is 0. The molecule has 1 atom stereocenters. The van der Waals surface area contributed by atoms with Gasteiger partial charge in [-0.1, -0.05) is 24.3 Å². The zero-order valence-electron chi connectivity index (χ0n) is 14.3. The largest absolute Gasteiger partial charge is 0.489 e. The number of aryl methyl sites for hydroxylation is 1. The summed E-state index contributed by atoms with van der Waals surface area (Å²) in [5.41, 5.74) is 3.79. The maximum Gasteiger partial charge on any atom is 0.226 e. The number of hydrogen-bond acceptors (Lipinski definition) is 3. The normalized spacial score (nSPS) is 16.1. The summed E-state index contributed by atoms with van der Waals surface area (Å²) in [6, 6.07) is 14.0. The minimum Gasteiger partial charge on any atom is -0.489 e. The molecule has 132 valence electrons. The van der Waals surface area contributed by atoms with Crippen LogP contribution in [0.25, 0.3) is 0 Å². The van der Waals surface area contributed by atoms with Crippen molar-refractivity contribution in [1.29, 1.82) is 0 Å². The molecular weight excluding hydrogens is 333 g/mol. The molecule has 1 aliphatic heterocycles. The predicted molar refractivity (Wildman–Crippen MR) is 95.6 cm³/mol. The first-order valence-corrected chi connectivity index (χ1v) is 8.42. The topological polar surface area (TPSA) is 67.0 Å². The quantitative estimate of drug-likeness (QED) is 0.749. The average molecular weight is 351 g/mol. The standard InChI is InChI=1S/C20H18FN3O2/c1-12-19-17(10-18(25)22-20(19)24-23-12)14-5-7-16(8-6-14)26-11-13-3-2-4-15(21)9-13/h2-9,17H,10-11H2,1H3,(H2,22,23,24,25)/t17-/m1/s1. The van der Waals surface area contributed by atoms with Crippen molar-refractivity contribution >= 4 is 11.7 Å². The number of anilines is 1. The lowest BCUT2D eigenvalue weighted by molar-refractivity contribution is -0.116. The van der Waals surface area contributed by atoms with E-state index in [-0.39, 0.29) is 17.6 Å². The van der Waals surface area contributed by atoms with E-state index < -0.39 is 0 Å². The molecule has 0 saturated carbocycles. The second-order valence-electron chi connectivity index (χ2n) is 6.40. The number of ether oxygens (including phenoxy) is 1. The van der Waals surface area contributed by atoms with Gasteiger partial charge in [0.25, 0.3) is 0 Å². The Balaban J connectivity index is 1.51. The monoisotopic (exact) mass is 351 g/mol. The molecule has 2 aromatic carbocycles. The van der Waals surface area contributed by atoms with E-state index in [1.165, 1.54) is 12.1 Å². The van der Waals surface area contributed by atoms with Gasteiger partial charge < -0.3 is 10.1 Å². The lowest BCUT2D eigenvalue weighted by Crippen LogP contribution is -2.23. The van der Waals surface area contributed by atoms with Crippen molar-refractivity contribution in [1.82, 2.24) is 10.2 Å². The van der Waals surface area contributed by atoms with Crippen molar-refractivity contribution in [2.75, 3.05) is 5.32 Å². The highest BCUT2D eigenvalue weighted by Crippen LogP contribution is 2.38. The highest BCUT2D eigenvalue weighted by Gasteiger charge is 2.30. The molecule has 0 radical (unpaired) electrons. The number of fused-ring (bicyclic) bond motifs is 1. The van der Waals surface area contributed by atoms with Crippen LogP contribution >= 0.6 is 0 Å². The summed E-state index contributed by atoms with van der Waals surface area (Å²) in [4.78, 5) is 12.0. The van der Waals surface area contributed by atoms with Gasteiger partial charge >= 0.3 is 0 Å². The van der Waals surface area contributed by atoms with E-state index >= 15 is 0 Å². The number of aromatic amines is 1. The van der Waals surface area contributed by atoms with E-state index in [0.717, 1.165) is 22.4 Å². The number of halogens is 1. The first kappa shape index (κ1) is 16.3. The fraction of sp³-hybridized carbons (Fsp3) is 0.200. The molecule has 5 nitrogen and oxygen atoms in total. The molecule has 0 aliphatic carbocycles. The van der Waals surface area contributed by atoms with Gasteiger partial charge in [-0.3, -0.25) is 9.89 Å². The number of carbonyl (C=O) groups excluding carboxylic acids is 1. The van der Waals surface area contributed by atoms with Crippen molar-refractivity contribution in [3.05, 3.63) is 76.7 Å². The molecule has 0 bridgehead atoms. The Morgan fingerprint density at radius 1 is 1.23 bits per heavy atom. The summed E-state index contributed by atoms with van der Waals surface area (Å²) < 4.78 is 18.9. The van der Waals surface area contributed by atoms with Crippen LogP contribution < -0.4 is 10.1 Å². The van der Waals surface area contributed by atoms with E-state index in [1.54, 1.807) is 6.07 Å². The molecule has 0 spiro atoms. The zero-order valence-corrected chi connectivity index (χ0v) is 14.3. The van der Waals surface area contributed by atoms with Gasteiger partial charge in [0, 0.05) is 23.6 Å². The summed E-state index contributed by atoms with van der Waals surface area (Å²) in [5, 5.41) is 9.89. The van der Waals surface area contributed by atoms with Crippen LogP contribution in [0.15, 0.2) is 48.5 Å². The number of amides is 1. The first-order valence-electron chi connectivity index (χ1n) is 8.42. The Kier molecular flexibility index (Phi) is 4.16. The minimum atomic E-state index is -0.275. The molecule has 4 rings (SSSR count). The van der Waals surface area contributed by atoms with Gasteiger partial charge in [-0.05, 0) is 42.3 Å². The maximum atomic E-state index is 13.2. The summed E-state index contributed by atoms with van der Waals surface area (Å²) in [5.74, 6) is 0.955. The first-order chi connectivity index (χ1) is 12.6. The van der Waals surface area contributed by atoms with Gasteiger partial charge in [0.15, 0.2) is 5.82 Å². The zero-order chi connectivity index (χ0) is 18.1. The molecule has 3 aromatic rings. The molecule has 0 unspecified atom stereocenters. The van der Waals surface area contributed by atoms with Gasteiger partial charge in [0.2, 0.25) is 5.91 Å². The van der Waals surface area contributed by atoms with Crippen LogP contribution in [-0.4, -0.2) is 16.1 Å². The number of aromatic nitrogens is 2. The highest BCUT2D eigenvalue weighted by molar-refractivity contribution is 5.94. The van der Waals surface area contributed by atoms with Crippen molar-refractivity contribution in [3.63, 3.8) is 0 Å². The second-order valence-corrected chi connectivity index (χ2v) is 6.40. The average Bonchev–Trinajstić information content (AvgIpc) is 3.00. The van der Waals surface area contributed by atoms with Crippen LogP contribution in [0.3, 0.4) is 0 Å². The van der Waals surface area contributed by atoms with E-state index in [0.29, 0.717) is 24.6 Å². The molecule has 2 N–H and O–H groups in total. The van der Waals surface area contributed by atoms with Crippen molar-refractivity contribution in [2.24, 2.45) is 0 Å². The number of H-pyrrole nitrogens is 1. The fourth-order valence-corrected chi connectivity index (χ4v) is 3.30. The summed E-state index contributed by atoms with van der Waals surface area (Å²) >= 11 is 0. The van der Waals surface area contributed by atoms with E-state index in [9.17, 15) is 9.18 Å². The Labute approximate surface area is 150 Å². The van der Waals surface area contributed by atoms with Gasteiger partial charge in [-0.15, -0.1) is 0 Å². The number of rotatable bonds is 4. The van der Waals surface area contributed by atoms with Crippen LogP contribution in [0.4, 0.5) is 10.2 Å². The van der Waals surface area contributed by atoms with E-state index in [2.05, 4.69) is 15.5 Å². The van der Waals surface area contributed by atoms with Gasteiger partial charge in [-0.2, -0.15) is 5.10 Å². The third kappa shape index (κ3) is 3.18. The molecule has 2 heterocycles. The second kappa shape index (κ2) is 6.63. The molecule has 1 amide bonds. The molecule has 1 aliphatic rings. The van der Waals surface area contributed by atoms with Crippen LogP contribution in [0, 0.1) is 12.7 Å². The number of nitrogens with zero attached hydrogens (tertiary/aromatic N) is 1. The molecule has 0 fully saturated rings. The Morgan fingerprint density at radius 2 is 2.04 bits per heavy atom. The Hall–Kier alpha value is -3.15.